The van der Waals surface area contributed by atoms with Gasteiger partial charge in [-0.1, -0.05) is 38.1 Å². The molecule has 2 unspecified atom stereocenters. The number of thiophene rings is 2. The third kappa shape index (κ3) is 3.38. The molecule has 4 heterocycles. The number of fused-ring (bicyclic) bond motifs is 8. The molecule has 0 radical (unpaired) electrons. The van der Waals surface area contributed by atoms with Gasteiger partial charge in [-0.25, -0.2) is 16.8 Å². The van der Waals surface area contributed by atoms with Crippen LogP contribution in [0.15, 0.2) is 81.6 Å². The number of allylic oxidation sites excluding steroid dienone is 2. The number of sulfone groups is 2. The molecule has 2 aromatic carbocycles. The van der Waals surface area contributed by atoms with E-state index in [2.05, 4.69) is 0 Å². The zero-order chi connectivity index (χ0) is 35.5. The fourth-order valence-electron chi connectivity index (χ4n) is 8.67. The van der Waals surface area contributed by atoms with E-state index < -0.39 is 103 Å². The summed E-state index contributed by atoms with van der Waals surface area (Å²) in [6, 6.07) is 14.5. The molecule has 14 heteroatoms. The van der Waals surface area contributed by atoms with Crippen molar-refractivity contribution < 1.29 is 43.2 Å². The first-order valence-electron chi connectivity index (χ1n) is 15.4. The summed E-state index contributed by atoms with van der Waals surface area (Å²) in [5.74, 6) is -17.1. The first-order chi connectivity index (χ1) is 22.8. The topological polar surface area (TPSA) is 68.3 Å². The SMILES string of the molecule is CCC12C(=C3C(=C4c5ccc(-c6ccc(C)s6)cc5S(=O)(=O)C41CC)C(F)(F)C(F)(F)C3(F)F)c1ccc(-c3ccc(C)s3)cc1S2(=O)=O. The van der Waals surface area contributed by atoms with Crippen LogP contribution in [0.25, 0.3) is 32.0 Å². The van der Waals surface area contributed by atoms with E-state index in [4.69, 9.17) is 0 Å². The molecule has 2 atom stereocenters. The first kappa shape index (κ1) is 33.0. The highest BCUT2D eigenvalue weighted by molar-refractivity contribution is 7.98. The number of benzene rings is 2. The zero-order valence-electron chi connectivity index (χ0n) is 26.2. The first-order valence-corrected chi connectivity index (χ1v) is 20.0. The zero-order valence-corrected chi connectivity index (χ0v) is 29.5. The molecule has 0 bridgehead atoms. The Hall–Kier alpha value is -3.20. The van der Waals surface area contributed by atoms with Crippen LogP contribution >= 0.6 is 22.7 Å². The number of hydrogen-bond donors (Lipinski definition) is 0. The average Bonchev–Trinajstić information content (AvgIpc) is 3.79. The van der Waals surface area contributed by atoms with Crippen LogP contribution in [0.1, 0.15) is 47.6 Å². The average molecular weight is 753 g/mol. The van der Waals surface area contributed by atoms with E-state index in [1.54, 1.807) is 24.3 Å². The number of aryl methyl sites for hydroxylation is 2. The molecule has 2 aliphatic heterocycles. The molecule has 0 amide bonds. The fraction of sp³-hybridized carbons (Fsp3) is 0.314. The molecule has 8 rings (SSSR count). The molecule has 0 spiro atoms. The standard InChI is InChI=1S/C35H26F6O4S4/c1-5-31-27(21-11-9-19(15-25(21)48(31,42)43)23-13-7-17(3)46-23)29-30(34(38,39)35(40,41)33(29,36)37)28-22-12-10-20(24-14-8-18(4)47-24)16-26(22)49(44,45)32(28,31)6-2/h7-16H,5-6H2,1-4H3. The van der Waals surface area contributed by atoms with Gasteiger partial charge in [0.1, 0.15) is 9.49 Å². The van der Waals surface area contributed by atoms with Gasteiger partial charge in [-0.3, -0.25) is 0 Å². The molecule has 1 fully saturated rings. The van der Waals surface area contributed by atoms with Gasteiger partial charge in [-0.15, -0.1) is 22.7 Å². The summed E-state index contributed by atoms with van der Waals surface area (Å²) in [5.41, 5.74) is -5.86. The number of halogens is 6. The summed E-state index contributed by atoms with van der Waals surface area (Å²) in [5, 5.41) is 0. The Bertz CT molecular complexity index is 2300. The van der Waals surface area contributed by atoms with Gasteiger partial charge in [0.05, 0.1) is 9.79 Å². The van der Waals surface area contributed by atoms with Crippen LogP contribution in [-0.4, -0.2) is 44.1 Å². The maximum absolute atomic E-state index is 16.3. The van der Waals surface area contributed by atoms with Crippen molar-refractivity contribution >= 4 is 53.5 Å². The monoisotopic (exact) mass is 752 g/mol. The summed E-state index contributed by atoms with van der Waals surface area (Å²) in [6.45, 7) is 6.19. The Kier molecular flexibility index (Phi) is 6.44. The Balaban J connectivity index is 1.58. The molecule has 0 saturated heterocycles. The van der Waals surface area contributed by atoms with Gasteiger partial charge in [0.25, 0.3) is 0 Å². The minimum absolute atomic E-state index is 0.358. The normalized spacial score (nSPS) is 27.5. The van der Waals surface area contributed by atoms with Gasteiger partial charge in [-0.2, -0.15) is 26.3 Å². The summed E-state index contributed by atoms with van der Waals surface area (Å²) in [6.07, 6.45) is -1.36. The van der Waals surface area contributed by atoms with Crippen LogP contribution in [0.2, 0.25) is 0 Å². The maximum Gasteiger partial charge on any atom is 0.380 e. The van der Waals surface area contributed by atoms with E-state index in [9.17, 15) is 0 Å². The van der Waals surface area contributed by atoms with Crippen molar-refractivity contribution in [2.75, 3.05) is 0 Å². The summed E-state index contributed by atoms with van der Waals surface area (Å²) in [4.78, 5) is 1.85. The predicted octanol–water partition coefficient (Wildman–Crippen LogP) is 9.77. The van der Waals surface area contributed by atoms with Crippen LogP contribution in [0.5, 0.6) is 0 Å². The van der Waals surface area contributed by atoms with Crippen LogP contribution in [0.3, 0.4) is 0 Å². The summed E-state index contributed by atoms with van der Waals surface area (Å²) >= 11 is 2.63. The lowest BCUT2D eigenvalue weighted by Gasteiger charge is -2.49. The van der Waals surface area contributed by atoms with Gasteiger partial charge < -0.3 is 0 Å². The minimum atomic E-state index is -6.00. The Morgan fingerprint density at radius 1 is 0.551 bits per heavy atom. The lowest BCUT2D eigenvalue weighted by atomic mass is 9.65. The van der Waals surface area contributed by atoms with Crippen LogP contribution in [-0.2, 0) is 19.7 Å². The molecule has 4 aliphatic rings. The van der Waals surface area contributed by atoms with E-state index >= 15 is 43.2 Å². The van der Waals surface area contributed by atoms with Gasteiger partial charge in [0.15, 0.2) is 19.7 Å². The second kappa shape index (κ2) is 9.56. The lowest BCUT2D eigenvalue weighted by molar-refractivity contribution is -0.257. The molecular weight excluding hydrogens is 727 g/mol. The molecule has 4 aromatic rings. The highest BCUT2D eigenvalue weighted by Gasteiger charge is 2.88. The van der Waals surface area contributed by atoms with Crippen molar-refractivity contribution in [3.05, 3.63) is 92.7 Å². The maximum atomic E-state index is 16.3. The highest BCUT2D eigenvalue weighted by Crippen LogP contribution is 2.77. The second-order valence-electron chi connectivity index (χ2n) is 12.8. The molecule has 4 nitrogen and oxygen atoms in total. The smallest absolute Gasteiger partial charge is 0.223 e. The number of alkyl halides is 6. The lowest BCUT2D eigenvalue weighted by Crippen LogP contribution is -2.62. The minimum Gasteiger partial charge on any atom is -0.223 e. The van der Waals surface area contributed by atoms with E-state index in [0.29, 0.717) is 20.9 Å². The molecule has 256 valence electrons. The Labute approximate surface area is 286 Å². The molecule has 2 aromatic heterocycles. The van der Waals surface area contributed by atoms with Crippen molar-refractivity contribution in [2.45, 2.75) is 77.6 Å². The van der Waals surface area contributed by atoms with E-state index in [1.807, 2.05) is 13.8 Å². The largest absolute Gasteiger partial charge is 0.380 e. The van der Waals surface area contributed by atoms with E-state index in [-0.39, 0.29) is 0 Å². The number of rotatable bonds is 4. The van der Waals surface area contributed by atoms with Crippen molar-refractivity contribution in [3.63, 3.8) is 0 Å². The quantitative estimate of drug-likeness (QED) is 0.195. The van der Waals surface area contributed by atoms with Crippen molar-refractivity contribution in [3.8, 4) is 20.9 Å². The third-order valence-electron chi connectivity index (χ3n) is 10.7. The van der Waals surface area contributed by atoms with Crippen LogP contribution in [0, 0.1) is 13.8 Å². The number of hydrogen-bond acceptors (Lipinski definition) is 6. The molecule has 2 aliphatic carbocycles. The Morgan fingerprint density at radius 2 is 0.918 bits per heavy atom. The van der Waals surface area contributed by atoms with Gasteiger partial charge in [0.2, 0.25) is 0 Å². The highest BCUT2D eigenvalue weighted by atomic mass is 32.2. The van der Waals surface area contributed by atoms with Gasteiger partial charge >= 0.3 is 17.8 Å². The fourth-order valence-corrected chi connectivity index (χ4v) is 16.4. The van der Waals surface area contributed by atoms with Crippen molar-refractivity contribution in [2.24, 2.45) is 0 Å². The molecular formula is C35H26F6O4S4. The van der Waals surface area contributed by atoms with Crippen molar-refractivity contribution in [1.82, 2.24) is 0 Å². The third-order valence-corrected chi connectivity index (χ3v) is 18.3. The van der Waals surface area contributed by atoms with Crippen molar-refractivity contribution in [1.29, 1.82) is 0 Å². The van der Waals surface area contributed by atoms with Gasteiger partial charge in [0, 0.05) is 30.7 Å². The van der Waals surface area contributed by atoms with E-state index in [0.717, 1.165) is 21.9 Å². The summed E-state index contributed by atoms with van der Waals surface area (Å²) in [7, 11) is -10.1. The van der Waals surface area contributed by atoms with Crippen LogP contribution in [0.4, 0.5) is 26.3 Å². The molecule has 49 heavy (non-hydrogen) atoms. The van der Waals surface area contributed by atoms with Crippen LogP contribution < -0.4 is 0 Å². The molecule has 0 N–H and O–H groups in total. The molecule has 1 saturated carbocycles. The second-order valence-corrected chi connectivity index (χ2v) is 19.7. The Morgan fingerprint density at radius 3 is 1.22 bits per heavy atom. The van der Waals surface area contributed by atoms with Gasteiger partial charge in [-0.05, 0) is 96.5 Å². The van der Waals surface area contributed by atoms with E-state index in [1.165, 1.54) is 60.8 Å². The summed E-state index contributed by atoms with van der Waals surface area (Å²) < 4.78 is 151. The predicted molar refractivity (Wildman–Crippen MR) is 178 cm³/mol.